The van der Waals surface area contributed by atoms with Gasteiger partial charge in [-0.2, -0.15) is 0 Å². The van der Waals surface area contributed by atoms with E-state index < -0.39 is 0 Å². The third-order valence-corrected chi connectivity index (χ3v) is 19.7. The maximum absolute atomic E-state index is 5.92. The van der Waals surface area contributed by atoms with Crippen molar-refractivity contribution in [3.05, 3.63) is 66.1 Å². The Morgan fingerprint density at radius 3 is 1.40 bits per heavy atom. The van der Waals surface area contributed by atoms with Crippen molar-refractivity contribution in [2.75, 3.05) is 52.4 Å². The molecule has 4 saturated carbocycles. The van der Waals surface area contributed by atoms with E-state index in [1.807, 2.05) is 6.20 Å². The molecule has 2 aromatic carbocycles. The predicted molar refractivity (Wildman–Crippen MR) is 348 cm³/mol. The molecule has 3 aromatic rings. The molecular weight excluding hydrogens is 995 g/mol. The molecule has 0 bridgehead atoms. The number of benzene rings is 2. The molecule has 0 amide bonds. The third-order valence-electron chi connectivity index (χ3n) is 19.7. The summed E-state index contributed by atoms with van der Waals surface area (Å²) >= 11 is 0. The van der Waals surface area contributed by atoms with Crippen LogP contribution in [0, 0.1) is 29.6 Å². The summed E-state index contributed by atoms with van der Waals surface area (Å²) in [4.78, 5) is 18.0. The first kappa shape index (κ1) is 67.5. The maximum atomic E-state index is 5.92. The van der Waals surface area contributed by atoms with Crippen LogP contribution in [-0.4, -0.2) is 153 Å². The molecule has 6 aliphatic rings. The van der Waals surface area contributed by atoms with Gasteiger partial charge >= 0.3 is 0 Å². The van der Waals surface area contributed by atoms with Gasteiger partial charge < -0.3 is 18.9 Å². The minimum atomic E-state index is 0.375. The van der Waals surface area contributed by atoms with E-state index in [0.717, 1.165) is 59.6 Å². The Kier molecular flexibility index (Phi) is 26.8. The maximum Gasteiger partial charge on any atom is 0.111 e. The minimum absolute atomic E-state index is 0.375. The third kappa shape index (κ3) is 20.2. The van der Waals surface area contributed by atoms with Crippen molar-refractivity contribution in [3.63, 3.8) is 0 Å². The Labute approximate surface area is 499 Å². The normalized spacial score (nSPS) is 25.9. The van der Waals surface area contributed by atoms with Crippen LogP contribution in [0.4, 0.5) is 0 Å². The van der Waals surface area contributed by atoms with Crippen LogP contribution in [-0.2, 0) is 16.5 Å². The van der Waals surface area contributed by atoms with Gasteiger partial charge in [0.15, 0.2) is 0 Å². The number of ether oxygens (including phenoxy) is 2. The van der Waals surface area contributed by atoms with Crippen LogP contribution >= 0.6 is 0 Å². The van der Waals surface area contributed by atoms with Crippen molar-refractivity contribution in [2.24, 2.45) is 36.6 Å². The van der Waals surface area contributed by atoms with Crippen LogP contribution in [0.25, 0.3) is 22.4 Å². The first-order chi connectivity index (χ1) is 38.4. The van der Waals surface area contributed by atoms with E-state index in [-0.39, 0.29) is 0 Å². The molecule has 2 atom stereocenters. The predicted octanol–water partition coefficient (Wildman–Crippen LogP) is 16.3. The molecule has 0 N–H and O–H groups in total. The van der Waals surface area contributed by atoms with Gasteiger partial charge in [-0.3, -0.25) is 19.6 Å². The first-order valence-electron chi connectivity index (χ1n) is 33.6. The van der Waals surface area contributed by atoms with Crippen molar-refractivity contribution >= 4 is 0 Å². The molecule has 2 aliphatic heterocycles. The van der Waals surface area contributed by atoms with Crippen LogP contribution in [0.3, 0.4) is 0 Å². The Balaban J connectivity index is 0.000000175. The van der Waals surface area contributed by atoms with E-state index in [2.05, 4.69) is 221 Å². The van der Waals surface area contributed by atoms with Crippen LogP contribution < -0.4 is 0 Å². The highest BCUT2D eigenvalue weighted by molar-refractivity contribution is 5.69. The number of likely N-dealkylation sites (tertiary alicyclic amines) is 1. The summed E-state index contributed by atoms with van der Waals surface area (Å²) in [6.07, 6.45) is 18.9. The summed E-state index contributed by atoms with van der Waals surface area (Å²) in [5.74, 6) is 6.79. The Morgan fingerprint density at radius 2 is 0.988 bits per heavy atom. The number of aromatic nitrogens is 2. The first-order valence-corrected chi connectivity index (χ1v) is 33.6. The molecule has 81 heavy (non-hydrogen) atoms. The molecular formula is C72H125N7O2. The molecule has 4 aliphatic carbocycles. The smallest absolute Gasteiger partial charge is 0.111 e. The largest absolute Gasteiger partial charge is 0.375 e. The number of hydrogen-bond acceptors (Lipinski definition) is 8. The van der Waals surface area contributed by atoms with Crippen LogP contribution in [0.5, 0.6) is 0 Å². The second-order valence-corrected chi connectivity index (χ2v) is 29.2. The lowest BCUT2D eigenvalue weighted by molar-refractivity contribution is -0.0905. The number of piperazine rings is 1. The van der Waals surface area contributed by atoms with Crippen molar-refractivity contribution < 1.29 is 9.47 Å². The van der Waals surface area contributed by atoms with Gasteiger partial charge in [-0.25, -0.2) is 4.98 Å². The summed E-state index contributed by atoms with van der Waals surface area (Å²) in [5.41, 5.74) is 6.27. The molecule has 3 heterocycles. The van der Waals surface area contributed by atoms with Gasteiger partial charge in [0.05, 0.1) is 36.3 Å². The molecule has 0 radical (unpaired) electrons. The summed E-state index contributed by atoms with van der Waals surface area (Å²) in [6.45, 7) is 53.6. The molecule has 9 heteroatoms. The molecule has 0 spiro atoms. The number of hydrogen-bond donors (Lipinski definition) is 0. The quantitative estimate of drug-likeness (QED) is 0.111. The average molecular weight is 1120 g/mol. The van der Waals surface area contributed by atoms with Crippen molar-refractivity contribution in [1.29, 1.82) is 0 Å². The Hall–Kier alpha value is -2.63. The summed E-state index contributed by atoms with van der Waals surface area (Å²) < 4.78 is 14.0. The SMILES string of the molecule is CC(C)C1CCC(N2CCN(C(C)C)CC2)C1.CC(C)OC1CC(N(CC2CN(C(C)C)C2)C(C)C)C1.CC(C)c1ccc(-c2ccc(-c3cnc(C(C)C)n3C)cc2)cc1.CC1CCC(CN(C(C)C)C2CC(OC(C)C)C2)CC1. The topological polar surface area (TPSA) is 52.5 Å². The van der Waals surface area contributed by atoms with Crippen LogP contribution in [0.2, 0.25) is 0 Å². The Morgan fingerprint density at radius 1 is 0.519 bits per heavy atom. The van der Waals surface area contributed by atoms with E-state index in [0.29, 0.717) is 54.4 Å². The fourth-order valence-corrected chi connectivity index (χ4v) is 14.1. The van der Waals surface area contributed by atoms with Crippen molar-refractivity contribution in [2.45, 2.75) is 281 Å². The summed E-state index contributed by atoms with van der Waals surface area (Å²) in [6, 6.07) is 22.9. The van der Waals surface area contributed by atoms with Gasteiger partial charge in [0, 0.05) is 108 Å². The van der Waals surface area contributed by atoms with Gasteiger partial charge in [-0.15, -0.1) is 0 Å². The van der Waals surface area contributed by atoms with Gasteiger partial charge in [-0.1, -0.05) is 110 Å². The van der Waals surface area contributed by atoms with E-state index in [1.54, 1.807) is 0 Å². The zero-order valence-electron chi connectivity index (χ0n) is 56.0. The van der Waals surface area contributed by atoms with Gasteiger partial charge in [0.1, 0.15) is 5.82 Å². The second kappa shape index (κ2) is 32.2. The molecule has 1 aromatic heterocycles. The van der Waals surface area contributed by atoms with Crippen LogP contribution in [0.15, 0.2) is 54.7 Å². The van der Waals surface area contributed by atoms with E-state index in [4.69, 9.17) is 9.47 Å². The van der Waals surface area contributed by atoms with Gasteiger partial charge in [0.2, 0.25) is 0 Å². The zero-order valence-corrected chi connectivity index (χ0v) is 56.0. The zero-order chi connectivity index (χ0) is 59.2. The monoisotopic (exact) mass is 1120 g/mol. The summed E-state index contributed by atoms with van der Waals surface area (Å²) in [7, 11) is 2.09. The van der Waals surface area contributed by atoms with Gasteiger partial charge in [-0.05, 0) is 199 Å². The lowest BCUT2D eigenvalue weighted by Crippen LogP contribution is -2.58. The fraction of sp³-hybridized carbons (Fsp3) is 0.792. The van der Waals surface area contributed by atoms with Gasteiger partial charge in [0.25, 0.3) is 0 Å². The van der Waals surface area contributed by atoms with E-state index in [1.165, 1.54) is 151 Å². The minimum Gasteiger partial charge on any atom is -0.375 e. The van der Waals surface area contributed by atoms with Crippen molar-refractivity contribution in [3.8, 4) is 22.4 Å². The van der Waals surface area contributed by atoms with E-state index >= 15 is 0 Å². The number of rotatable bonds is 20. The molecule has 9 rings (SSSR count). The highest BCUT2D eigenvalue weighted by Crippen LogP contribution is 2.37. The second-order valence-electron chi connectivity index (χ2n) is 29.2. The van der Waals surface area contributed by atoms with Crippen LogP contribution in [0.1, 0.15) is 225 Å². The van der Waals surface area contributed by atoms with E-state index in [9.17, 15) is 0 Å². The fourth-order valence-electron chi connectivity index (χ4n) is 14.1. The summed E-state index contributed by atoms with van der Waals surface area (Å²) in [5, 5.41) is 0. The standard InChI is InChI=1S/C22H26N2.C18H35NO.C17H34N2O.C15H30N2/c1-15(2)17-6-8-18(9-7-17)19-10-12-20(13-11-19)21-14-23-22(16(3)4)24(21)5;1-13(2)19(12-16-8-6-15(5)7-9-16)17-10-18(11-17)20-14(3)4;1-12(2)18-9-15(10-18)11-19(13(3)4)16-7-17(8-16)20-14(5)6;1-12(2)14-5-6-15(11-14)17-9-7-16(8-10-17)13(3)4/h6-16H,1-5H3;13-18H,6-12H2,1-5H3;12-17H,7-11H2,1-6H3;12-15H,5-11H2,1-4H3. The number of nitrogens with zero attached hydrogens (tertiary/aromatic N) is 7. The number of imidazole rings is 1. The molecule has 6 fully saturated rings. The Bertz CT molecular complexity index is 2180. The average Bonchev–Trinajstić information content (AvgIpc) is 4.05. The molecule has 460 valence electrons. The van der Waals surface area contributed by atoms with Crippen molar-refractivity contribution in [1.82, 2.24) is 34.1 Å². The highest BCUT2D eigenvalue weighted by Gasteiger charge is 2.40. The molecule has 2 unspecified atom stereocenters. The lowest BCUT2D eigenvalue weighted by atomic mass is 9.81. The highest BCUT2D eigenvalue weighted by atomic mass is 16.5. The lowest BCUT2D eigenvalue weighted by Gasteiger charge is -2.50. The molecule has 9 nitrogen and oxygen atoms in total. The molecule has 2 saturated heterocycles.